The van der Waals surface area contributed by atoms with Gasteiger partial charge in [-0.15, -0.1) is 0 Å². The van der Waals surface area contributed by atoms with Crippen molar-refractivity contribution >= 4 is 10.8 Å². The third-order valence-corrected chi connectivity index (χ3v) is 4.10. The zero-order valence-corrected chi connectivity index (χ0v) is 11.9. The van der Waals surface area contributed by atoms with Crippen molar-refractivity contribution in [3.63, 3.8) is 0 Å². The number of rotatable bonds is 8. The zero-order chi connectivity index (χ0) is 12.5. The Hall–Kier alpha value is 0.0300. The van der Waals surface area contributed by atoms with Crippen LogP contribution >= 0.6 is 0 Å². The molecular formula is C12H26N2O2S. The lowest BCUT2D eigenvalue weighted by atomic mass is 10.4. The number of hydrogen-bond donors (Lipinski definition) is 1. The summed E-state index contributed by atoms with van der Waals surface area (Å²) >= 11 is 0. The van der Waals surface area contributed by atoms with Crippen LogP contribution in [0.1, 0.15) is 20.3 Å². The Kier molecular flexibility index (Phi) is 8.01. The second-order valence-corrected chi connectivity index (χ2v) is 6.41. The zero-order valence-electron chi connectivity index (χ0n) is 11.1. The highest BCUT2D eigenvalue weighted by atomic mass is 32.2. The number of hydrogen-bond acceptors (Lipinski definition) is 4. The molecule has 0 bridgehead atoms. The van der Waals surface area contributed by atoms with Crippen molar-refractivity contribution < 1.29 is 8.95 Å². The molecule has 17 heavy (non-hydrogen) atoms. The molecule has 1 aliphatic rings. The summed E-state index contributed by atoms with van der Waals surface area (Å²) in [5, 5.41) is 3.42. The molecule has 0 aliphatic carbocycles. The molecule has 102 valence electrons. The van der Waals surface area contributed by atoms with Crippen LogP contribution in [-0.2, 0) is 15.5 Å². The van der Waals surface area contributed by atoms with Crippen molar-refractivity contribution in [2.24, 2.45) is 0 Å². The van der Waals surface area contributed by atoms with E-state index in [1.807, 2.05) is 0 Å². The van der Waals surface area contributed by atoms with Gasteiger partial charge in [-0.1, -0.05) is 0 Å². The number of nitrogens with one attached hydrogen (secondary N) is 1. The summed E-state index contributed by atoms with van der Waals surface area (Å²) in [6.45, 7) is 10.1. The minimum Gasteiger partial charge on any atom is -0.379 e. The van der Waals surface area contributed by atoms with E-state index in [0.29, 0.717) is 6.10 Å². The molecule has 0 amide bonds. The van der Waals surface area contributed by atoms with Crippen LogP contribution in [0.3, 0.4) is 0 Å². The third kappa shape index (κ3) is 7.86. The molecule has 0 atom stereocenters. The van der Waals surface area contributed by atoms with Gasteiger partial charge in [0.05, 0.1) is 6.10 Å². The topological polar surface area (TPSA) is 41.6 Å². The number of nitrogens with zero attached hydrogens (tertiary/aromatic N) is 1. The molecule has 0 spiro atoms. The van der Waals surface area contributed by atoms with Crippen LogP contribution in [0.15, 0.2) is 0 Å². The molecule has 4 nitrogen and oxygen atoms in total. The maximum Gasteiger partial charge on any atom is 0.0518 e. The fourth-order valence-electron chi connectivity index (χ4n) is 1.78. The van der Waals surface area contributed by atoms with E-state index in [-0.39, 0.29) is 0 Å². The van der Waals surface area contributed by atoms with Crippen LogP contribution in [-0.4, -0.2) is 66.0 Å². The van der Waals surface area contributed by atoms with Crippen LogP contribution in [0.5, 0.6) is 0 Å². The Balaban J connectivity index is 1.85. The van der Waals surface area contributed by atoms with Gasteiger partial charge in [-0.2, -0.15) is 0 Å². The molecule has 1 fully saturated rings. The van der Waals surface area contributed by atoms with E-state index in [4.69, 9.17) is 4.74 Å². The van der Waals surface area contributed by atoms with Crippen molar-refractivity contribution in [3.8, 4) is 0 Å². The van der Waals surface area contributed by atoms with Crippen molar-refractivity contribution in [1.29, 1.82) is 0 Å². The summed E-state index contributed by atoms with van der Waals surface area (Å²) in [7, 11) is -0.556. The van der Waals surface area contributed by atoms with E-state index in [1.165, 1.54) is 0 Å². The van der Waals surface area contributed by atoms with Gasteiger partial charge in [0.15, 0.2) is 0 Å². The SMILES string of the molecule is CC(C)OCCCNCCN1CCS(=O)CC1. The summed E-state index contributed by atoms with van der Waals surface area (Å²) in [5.41, 5.74) is 0. The Labute approximate surface area is 108 Å². The maximum atomic E-state index is 11.2. The molecule has 1 rings (SSSR count). The smallest absolute Gasteiger partial charge is 0.0518 e. The predicted octanol–water partition coefficient (Wildman–Crippen LogP) is 0.455. The second-order valence-electron chi connectivity index (χ2n) is 4.71. The highest BCUT2D eigenvalue weighted by Crippen LogP contribution is 1.98. The first kappa shape index (κ1) is 15.1. The first-order chi connectivity index (χ1) is 8.18. The summed E-state index contributed by atoms with van der Waals surface area (Å²) in [5.74, 6) is 1.70. The first-order valence-electron chi connectivity index (χ1n) is 6.58. The summed E-state index contributed by atoms with van der Waals surface area (Å²) in [6.07, 6.45) is 1.41. The quantitative estimate of drug-likeness (QED) is 0.645. The van der Waals surface area contributed by atoms with Gasteiger partial charge < -0.3 is 15.0 Å². The molecular weight excluding hydrogens is 236 g/mol. The van der Waals surface area contributed by atoms with Crippen molar-refractivity contribution in [1.82, 2.24) is 10.2 Å². The second kappa shape index (κ2) is 9.03. The van der Waals surface area contributed by atoms with Gasteiger partial charge in [-0.3, -0.25) is 4.21 Å². The van der Waals surface area contributed by atoms with Gasteiger partial charge in [0.1, 0.15) is 0 Å². The van der Waals surface area contributed by atoms with Crippen LogP contribution in [0, 0.1) is 0 Å². The Morgan fingerprint density at radius 3 is 2.65 bits per heavy atom. The van der Waals surface area contributed by atoms with Gasteiger partial charge in [0.2, 0.25) is 0 Å². The Morgan fingerprint density at radius 1 is 1.29 bits per heavy atom. The van der Waals surface area contributed by atoms with Gasteiger partial charge in [0.25, 0.3) is 0 Å². The molecule has 1 heterocycles. The van der Waals surface area contributed by atoms with Crippen molar-refractivity contribution in [2.45, 2.75) is 26.4 Å². The molecule has 1 saturated heterocycles. The molecule has 0 unspecified atom stereocenters. The van der Waals surface area contributed by atoms with Gasteiger partial charge >= 0.3 is 0 Å². The molecule has 0 aromatic heterocycles. The fourth-order valence-corrected chi connectivity index (χ4v) is 2.91. The van der Waals surface area contributed by atoms with Crippen molar-refractivity contribution in [2.75, 3.05) is 50.8 Å². The molecule has 1 N–H and O–H groups in total. The molecule has 1 aliphatic heterocycles. The van der Waals surface area contributed by atoms with E-state index < -0.39 is 10.8 Å². The average Bonchev–Trinajstić information content (AvgIpc) is 2.30. The standard InChI is InChI=1S/C12H26N2O2S/c1-12(2)16-9-3-4-13-5-6-14-7-10-17(15)11-8-14/h12-13H,3-11H2,1-2H3. The predicted molar refractivity (Wildman–Crippen MR) is 72.9 cm³/mol. The minimum atomic E-state index is -0.556. The fraction of sp³-hybridized carbons (Fsp3) is 1.00. The monoisotopic (exact) mass is 262 g/mol. The lowest BCUT2D eigenvalue weighted by molar-refractivity contribution is 0.0770. The minimum absolute atomic E-state index is 0.337. The van der Waals surface area contributed by atoms with E-state index in [0.717, 1.165) is 57.3 Å². The van der Waals surface area contributed by atoms with Crippen LogP contribution < -0.4 is 5.32 Å². The maximum absolute atomic E-state index is 11.2. The largest absolute Gasteiger partial charge is 0.379 e. The van der Waals surface area contributed by atoms with Gasteiger partial charge in [-0.25, -0.2) is 0 Å². The third-order valence-electron chi connectivity index (χ3n) is 2.82. The molecule has 0 aromatic rings. The van der Waals surface area contributed by atoms with Crippen LogP contribution in [0.2, 0.25) is 0 Å². The summed E-state index contributed by atoms with van der Waals surface area (Å²) in [4.78, 5) is 2.39. The lowest BCUT2D eigenvalue weighted by Crippen LogP contribution is -2.41. The Morgan fingerprint density at radius 2 is 2.00 bits per heavy atom. The molecule has 0 saturated carbocycles. The highest BCUT2D eigenvalue weighted by molar-refractivity contribution is 7.85. The van der Waals surface area contributed by atoms with Crippen LogP contribution in [0.4, 0.5) is 0 Å². The molecule has 0 radical (unpaired) electrons. The highest BCUT2D eigenvalue weighted by Gasteiger charge is 2.13. The normalized spacial score (nSPS) is 19.0. The molecule has 0 aromatic carbocycles. The van der Waals surface area contributed by atoms with E-state index in [9.17, 15) is 4.21 Å². The number of ether oxygens (including phenoxy) is 1. The lowest BCUT2D eigenvalue weighted by Gasteiger charge is -2.26. The average molecular weight is 262 g/mol. The van der Waals surface area contributed by atoms with E-state index in [2.05, 4.69) is 24.1 Å². The Bertz CT molecular complexity index is 215. The van der Waals surface area contributed by atoms with Crippen molar-refractivity contribution in [3.05, 3.63) is 0 Å². The van der Waals surface area contributed by atoms with Gasteiger partial charge in [0, 0.05) is 55.1 Å². The first-order valence-corrected chi connectivity index (χ1v) is 8.07. The van der Waals surface area contributed by atoms with Crippen LogP contribution in [0.25, 0.3) is 0 Å². The summed E-state index contributed by atoms with van der Waals surface area (Å²) in [6, 6.07) is 0. The van der Waals surface area contributed by atoms with Gasteiger partial charge in [-0.05, 0) is 26.8 Å². The molecule has 5 heteroatoms. The summed E-state index contributed by atoms with van der Waals surface area (Å²) < 4.78 is 16.6. The van der Waals surface area contributed by atoms with E-state index >= 15 is 0 Å². The van der Waals surface area contributed by atoms with E-state index in [1.54, 1.807) is 0 Å².